The normalized spacial score (nSPS) is 12.3. The summed E-state index contributed by atoms with van der Waals surface area (Å²) in [5, 5.41) is 0.350. The van der Waals surface area contributed by atoms with E-state index in [0.717, 1.165) is 18.8 Å². The van der Waals surface area contributed by atoms with Crippen LogP contribution in [0.2, 0.25) is 5.15 Å². The van der Waals surface area contributed by atoms with Gasteiger partial charge in [-0.1, -0.05) is 31.9 Å². The number of hydrogen-bond donors (Lipinski definition) is 0. The summed E-state index contributed by atoms with van der Waals surface area (Å²) in [5.41, 5.74) is 0. The molecule has 0 fully saturated rings. The first-order chi connectivity index (χ1) is 7.60. The first kappa shape index (κ1) is 13.0. The molecule has 4 nitrogen and oxygen atoms in total. The Kier molecular flexibility index (Phi) is 4.80. The maximum atomic E-state index is 5.94. The molecule has 1 rings (SSSR count). The highest BCUT2D eigenvalue weighted by Gasteiger charge is 2.15. The van der Waals surface area contributed by atoms with E-state index in [2.05, 4.69) is 23.8 Å². The number of ether oxygens (including phenoxy) is 1. The van der Waals surface area contributed by atoms with Crippen molar-refractivity contribution in [3.05, 3.63) is 11.5 Å². The van der Waals surface area contributed by atoms with Crippen LogP contribution in [-0.2, 0) is 0 Å². The van der Waals surface area contributed by atoms with Gasteiger partial charge in [-0.15, -0.1) is 0 Å². The van der Waals surface area contributed by atoms with Crippen LogP contribution in [0, 0.1) is 5.92 Å². The molecule has 0 aromatic carbocycles. The summed E-state index contributed by atoms with van der Waals surface area (Å²) in [7, 11) is 3.55. The highest BCUT2D eigenvalue weighted by Crippen LogP contribution is 2.31. The van der Waals surface area contributed by atoms with Crippen LogP contribution in [-0.4, -0.2) is 30.7 Å². The molecule has 5 heteroatoms. The molecule has 1 aromatic rings. The Balaban J connectivity index is 2.90. The predicted molar refractivity (Wildman–Crippen MR) is 66.3 cm³/mol. The van der Waals surface area contributed by atoms with Crippen LogP contribution in [0.1, 0.15) is 20.3 Å². The molecular weight excluding hydrogens is 226 g/mol. The molecule has 0 spiro atoms. The highest BCUT2D eigenvalue weighted by atomic mass is 35.5. The number of hydrogen-bond acceptors (Lipinski definition) is 4. The number of aromatic nitrogens is 2. The van der Waals surface area contributed by atoms with E-state index in [1.54, 1.807) is 7.11 Å². The Morgan fingerprint density at radius 3 is 2.75 bits per heavy atom. The van der Waals surface area contributed by atoms with Crippen molar-refractivity contribution in [3.8, 4) is 5.75 Å². The van der Waals surface area contributed by atoms with Crippen molar-refractivity contribution in [2.24, 2.45) is 5.92 Å². The van der Waals surface area contributed by atoms with Gasteiger partial charge < -0.3 is 9.64 Å². The fourth-order valence-corrected chi connectivity index (χ4v) is 1.68. The highest BCUT2D eigenvalue weighted by molar-refractivity contribution is 6.31. The predicted octanol–water partition coefficient (Wildman–Crippen LogP) is 2.62. The van der Waals surface area contributed by atoms with E-state index in [0.29, 0.717) is 16.8 Å². The lowest BCUT2D eigenvalue weighted by Crippen LogP contribution is -2.25. The van der Waals surface area contributed by atoms with Gasteiger partial charge in [0.2, 0.25) is 0 Å². The molecule has 16 heavy (non-hydrogen) atoms. The summed E-state index contributed by atoms with van der Waals surface area (Å²) in [6.45, 7) is 5.29. The van der Waals surface area contributed by atoms with Crippen LogP contribution in [0.4, 0.5) is 5.82 Å². The van der Waals surface area contributed by atoms with Crippen molar-refractivity contribution in [2.45, 2.75) is 20.3 Å². The van der Waals surface area contributed by atoms with E-state index >= 15 is 0 Å². The Morgan fingerprint density at radius 1 is 1.50 bits per heavy atom. The van der Waals surface area contributed by atoms with Gasteiger partial charge in [-0.2, -0.15) is 0 Å². The minimum absolute atomic E-state index is 0.350. The van der Waals surface area contributed by atoms with Gasteiger partial charge in [0.15, 0.2) is 16.7 Å². The van der Waals surface area contributed by atoms with E-state index in [4.69, 9.17) is 16.3 Å². The van der Waals surface area contributed by atoms with Crippen molar-refractivity contribution >= 4 is 17.4 Å². The van der Waals surface area contributed by atoms with Crippen LogP contribution in [0.5, 0.6) is 5.75 Å². The molecule has 1 aromatic heterocycles. The smallest absolute Gasteiger partial charge is 0.199 e. The number of methoxy groups -OCH3 is 1. The van der Waals surface area contributed by atoms with Gasteiger partial charge in [-0.25, -0.2) is 9.97 Å². The summed E-state index contributed by atoms with van der Waals surface area (Å²) in [4.78, 5) is 10.1. The number of anilines is 1. The summed E-state index contributed by atoms with van der Waals surface area (Å²) in [5.74, 6) is 1.88. The average Bonchev–Trinajstić information content (AvgIpc) is 2.28. The Labute approximate surface area is 102 Å². The lowest BCUT2D eigenvalue weighted by atomic mass is 10.1. The first-order valence-corrected chi connectivity index (χ1v) is 5.73. The molecule has 0 N–H and O–H groups in total. The van der Waals surface area contributed by atoms with Crippen molar-refractivity contribution in [3.63, 3.8) is 0 Å². The van der Waals surface area contributed by atoms with Crippen molar-refractivity contribution in [1.29, 1.82) is 0 Å². The number of halogens is 1. The second-order valence-corrected chi connectivity index (χ2v) is 4.27. The van der Waals surface area contributed by atoms with Gasteiger partial charge in [0, 0.05) is 13.6 Å². The van der Waals surface area contributed by atoms with Crippen molar-refractivity contribution in [1.82, 2.24) is 9.97 Å². The molecule has 0 radical (unpaired) electrons. The second kappa shape index (κ2) is 5.89. The molecule has 0 bridgehead atoms. The minimum Gasteiger partial charge on any atom is -0.490 e. The molecule has 0 aliphatic rings. The largest absolute Gasteiger partial charge is 0.490 e. The molecule has 1 heterocycles. The second-order valence-electron chi connectivity index (χ2n) is 3.92. The summed E-state index contributed by atoms with van der Waals surface area (Å²) < 4.78 is 5.21. The molecule has 0 saturated heterocycles. The van der Waals surface area contributed by atoms with Crippen LogP contribution in [0.3, 0.4) is 0 Å². The zero-order chi connectivity index (χ0) is 12.1. The fourth-order valence-electron chi connectivity index (χ4n) is 1.47. The summed E-state index contributed by atoms with van der Waals surface area (Å²) in [6.07, 6.45) is 2.58. The van der Waals surface area contributed by atoms with Crippen molar-refractivity contribution in [2.75, 3.05) is 25.6 Å². The third-order valence-corrected chi connectivity index (χ3v) is 2.86. The quantitative estimate of drug-likeness (QED) is 0.746. The summed E-state index contributed by atoms with van der Waals surface area (Å²) >= 11 is 5.94. The zero-order valence-corrected chi connectivity index (χ0v) is 11.0. The average molecular weight is 244 g/mol. The number of rotatable bonds is 5. The van der Waals surface area contributed by atoms with Crippen LogP contribution < -0.4 is 9.64 Å². The fraction of sp³-hybridized carbons (Fsp3) is 0.636. The number of nitrogens with zero attached hydrogens (tertiary/aromatic N) is 3. The van der Waals surface area contributed by atoms with Crippen LogP contribution >= 0.6 is 11.6 Å². The van der Waals surface area contributed by atoms with E-state index in [1.807, 2.05) is 11.9 Å². The molecule has 1 atom stereocenters. The Hall–Kier alpha value is -1.03. The lowest BCUT2D eigenvalue weighted by molar-refractivity contribution is 0.409. The van der Waals surface area contributed by atoms with Gasteiger partial charge in [-0.3, -0.25) is 0 Å². The monoisotopic (exact) mass is 243 g/mol. The molecule has 0 aliphatic carbocycles. The Morgan fingerprint density at radius 2 is 2.19 bits per heavy atom. The molecule has 1 unspecified atom stereocenters. The van der Waals surface area contributed by atoms with Gasteiger partial charge in [0.1, 0.15) is 6.33 Å². The van der Waals surface area contributed by atoms with Gasteiger partial charge >= 0.3 is 0 Å². The zero-order valence-electron chi connectivity index (χ0n) is 10.2. The minimum atomic E-state index is 0.350. The van der Waals surface area contributed by atoms with Gasteiger partial charge in [0.25, 0.3) is 0 Å². The maximum absolute atomic E-state index is 5.94. The first-order valence-electron chi connectivity index (χ1n) is 5.35. The van der Waals surface area contributed by atoms with Gasteiger partial charge in [0.05, 0.1) is 7.11 Å². The van der Waals surface area contributed by atoms with E-state index in [-0.39, 0.29) is 0 Å². The van der Waals surface area contributed by atoms with Gasteiger partial charge in [-0.05, 0) is 5.92 Å². The summed E-state index contributed by atoms with van der Waals surface area (Å²) in [6, 6.07) is 0. The SMILES string of the molecule is CCC(C)CN(C)c1ncnc(Cl)c1OC. The third-order valence-electron chi connectivity index (χ3n) is 2.59. The molecular formula is C11H18ClN3O. The van der Waals surface area contributed by atoms with Crippen LogP contribution in [0.15, 0.2) is 6.33 Å². The van der Waals surface area contributed by atoms with E-state index in [9.17, 15) is 0 Å². The third kappa shape index (κ3) is 2.98. The Bertz CT molecular complexity index is 346. The van der Waals surface area contributed by atoms with E-state index < -0.39 is 0 Å². The molecule has 90 valence electrons. The van der Waals surface area contributed by atoms with Crippen LogP contribution in [0.25, 0.3) is 0 Å². The van der Waals surface area contributed by atoms with Crippen molar-refractivity contribution < 1.29 is 4.74 Å². The molecule has 0 amide bonds. The maximum Gasteiger partial charge on any atom is 0.199 e. The van der Waals surface area contributed by atoms with E-state index in [1.165, 1.54) is 6.33 Å². The lowest BCUT2D eigenvalue weighted by Gasteiger charge is -2.23. The standard InChI is InChI=1S/C11H18ClN3O/c1-5-8(2)6-15(3)11-9(16-4)10(12)13-7-14-11/h7-8H,5-6H2,1-4H3. The topological polar surface area (TPSA) is 38.2 Å². The molecule has 0 aliphatic heterocycles. The molecule has 0 saturated carbocycles.